The minimum atomic E-state index is 0.226. The third-order valence-electron chi connectivity index (χ3n) is 3.71. The van der Waals surface area contributed by atoms with E-state index in [9.17, 15) is 4.79 Å². The Morgan fingerprint density at radius 2 is 2.14 bits per heavy atom. The molecule has 2 fully saturated rings. The van der Waals surface area contributed by atoms with Crippen LogP contribution in [0.25, 0.3) is 0 Å². The second-order valence-corrected chi connectivity index (χ2v) is 4.81. The molecule has 0 aromatic rings. The lowest BCUT2D eigenvalue weighted by atomic mass is 9.92. The highest BCUT2D eigenvalue weighted by Gasteiger charge is 2.37. The van der Waals surface area contributed by atoms with Crippen LogP contribution in [0.4, 0.5) is 0 Å². The van der Waals surface area contributed by atoms with E-state index >= 15 is 0 Å². The van der Waals surface area contributed by atoms with Crippen LogP contribution in [0.2, 0.25) is 0 Å². The number of amides is 1. The van der Waals surface area contributed by atoms with Crippen LogP contribution in [0.3, 0.4) is 0 Å². The number of hydrogen-bond acceptors (Lipinski definition) is 2. The number of carbonyl (C=O) groups excluding carboxylic acids is 1. The fourth-order valence-corrected chi connectivity index (χ4v) is 2.61. The predicted molar refractivity (Wildman–Crippen MR) is 53.7 cm³/mol. The molecule has 3 heteroatoms. The van der Waals surface area contributed by atoms with E-state index in [1.165, 1.54) is 12.8 Å². The van der Waals surface area contributed by atoms with Crippen molar-refractivity contribution in [1.29, 1.82) is 0 Å². The molecule has 1 N–H and O–H groups in total. The summed E-state index contributed by atoms with van der Waals surface area (Å²) in [7, 11) is 0. The van der Waals surface area contributed by atoms with Gasteiger partial charge < -0.3 is 10.0 Å². The number of aliphatic hydroxyl groups excluding tert-OH is 1. The zero-order valence-corrected chi connectivity index (χ0v) is 8.78. The van der Waals surface area contributed by atoms with Crippen LogP contribution < -0.4 is 0 Å². The first-order valence-corrected chi connectivity index (χ1v) is 5.62. The summed E-state index contributed by atoms with van der Waals surface area (Å²) >= 11 is 0. The van der Waals surface area contributed by atoms with Crippen molar-refractivity contribution in [2.24, 2.45) is 17.8 Å². The van der Waals surface area contributed by atoms with Gasteiger partial charge in [0.15, 0.2) is 0 Å². The lowest BCUT2D eigenvalue weighted by Crippen LogP contribution is -2.53. The SMILES string of the molecule is CC1CCCC1C(=O)N1CC(CO)C1. The summed E-state index contributed by atoms with van der Waals surface area (Å²) in [6, 6.07) is 0. The van der Waals surface area contributed by atoms with Crippen molar-refractivity contribution in [2.75, 3.05) is 19.7 Å². The van der Waals surface area contributed by atoms with Crippen LogP contribution in [-0.4, -0.2) is 35.6 Å². The molecule has 2 atom stereocenters. The molecule has 2 unspecified atom stereocenters. The molecule has 2 rings (SSSR count). The Hall–Kier alpha value is -0.570. The Morgan fingerprint density at radius 1 is 1.43 bits per heavy atom. The van der Waals surface area contributed by atoms with Gasteiger partial charge in [0.1, 0.15) is 0 Å². The lowest BCUT2D eigenvalue weighted by molar-refractivity contribution is -0.143. The van der Waals surface area contributed by atoms with Crippen LogP contribution in [0, 0.1) is 17.8 Å². The van der Waals surface area contributed by atoms with Gasteiger partial charge in [-0.15, -0.1) is 0 Å². The number of likely N-dealkylation sites (tertiary alicyclic amines) is 1. The van der Waals surface area contributed by atoms with Crippen molar-refractivity contribution in [1.82, 2.24) is 4.90 Å². The molecule has 80 valence electrons. The van der Waals surface area contributed by atoms with E-state index in [1.54, 1.807) is 0 Å². The second kappa shape index (κ2) is 3.89. The van der Waals surface area contributed by atoms with E-state index in [1.807, 2.05) is 4.90 Å². The van der Waals surface area contributed by atoms with Crippen molar-refractivity contribution in [3.8, 4) is 0 Å². The summed E-state index contributed by atoms with van der Waals surface area (Å²) in [5.41, 5.74) is 0. The molecule has 1 saturated carbocycles. The summed E-state index contributed by atoms with van der Waals surface area (Å²) < 4.78 is 0. The third kappa shape index (κ3) is 1.65. The molecule has 3 nitrogen and oxygen atoms in total. The molecule has 0 aromatic carbocycles. The minimum absolute atomic E-state index is 0.226. The fourth-order valence-electron chi connectivity index (χ4n) is 2.61. The Morgan fingerprint density at radius 3 is 2.64 bits per heavy atom. The normalized spacial score (nSPS) is 33.1. The molecule has 0 radical (unpaired) electrons. The first kappa shape index (κ1) is 9.97. The van der Waals surface area contributed by atoms with Gasteiger partial charge in [0, 0.05) is 31.5 Å². The average Bonchev–Trinajstić information content (AvgIpc) is 2.49. The number of carbonyl (C=O) groups is 1. The number of hydrogen-bond donors (Lipinski definition) is 1. The highest BCUT2D eigenvalue weighted by molar-refractivity contribution is 5.80. The highest BCUT2D eigenvalue weighted by Crippen LogP contribution is 2.34. The van der Waals surface area contributed by atoms with Gasteiger partial charge in [-0.25, -0.2) is 0 Å². The van der Waals surface area contributed by atoms with Crippen LogP contribution in [-0.2, 0) is 4.79 Å². The minimum Gasteiger partial charge on any atom is -0.396 e. The fraction of sp³-hybridized carbons (Fsp3) is 0.909. The summed E-state index contributed by atoms with van der Waals surface area (Å²) in [6.45, 7) is 3.96. The van der Waals surface area contributed by atoms with Crippen LogP contribution >= 0.6 is 0 Å². The molecule has 1 amide bonds. The molecule has 2 aliphatic rings. The summed E-state index contributed by atoms with van der Waals surface area (Å²) in [5, 5.41) is 8.86. The van der Waals surface area contributed by atoms with E-state index in [0.29, 0.717) is 17.7 Å². The second-order valence-electron chi connectivity index (χ2n) is 4.81. The van der Waals surface area contributed by atoms with Crippen molar-refractivity contribution < 1.29 is 9.90 Å². The van der Waals surface area contributed by atoms with E-state index in [2.05, 4.69) is 6.92 Å². The zero-order valence-electron chi connectivity index (χ0n) is 8.78. The smallest absolute Gasteiger partial charge is 0.225 e. The zero-order chi connectivity index (χ0) is 10.1. The standard InChI is InChI=1S/C11H19NO2/c1-8-3-2-4-10(8)11(14)12-5-9(6-12)7-13/h8-10,13H,2-7H2,1H3. The van der Waals surface area contributed by atoms with Crippen molar-refractivity contribution in [2.45, 2.75) is 26.2 Å². The van der Waals surface area contributed by atoms with Gasteiger partial charge in [0.25, 0.3) is 0 Å². The highest BCUT2D eigenvalue weighted by atomic mass is 16.3. The molecule has 1 saturated heterocycles. The van der Waals surface area contributed by atoms with Crippen LogP contribution in [0.5, 0.6) is 0 Å². The average molecular weight is 197 g/mol. The van der Waals surface area contributed by atoms with Gasteiger partial charge in [0.2, 0.25) is 5.91 Å². The Labute approximate surface area is 85.1 Å². The van der Waals surface area contributed by atoms with Gasteiger partial charge in [0.05, 0.1) is 0 Å². The lowest BCUT2D eigenvalue weighted by Gasteiger charge is -2.40. The third-order valence-corrected chi connectivity index (χ3v) is 3.71. The van der Waals surface area contributed by atoms with E-state index in [0.717, 1.165) is 19.5 Å². The van der Waals surface area contributed by atoms with Gasteiger partial charge in [-0.1, -0.05) is 13.3 Å². The van der Waals surface area contributed by atoms with E-state index in [-0.39, 0.29) is 12.5 Å². The summed E-state index contributed by atoms with van der Waals surface area (Å²) in [5.74, 6) is 1.51. The molecule has 1 heterocycles. The molecule has 1 aliphatic heterocycles. The monoisotopic (exact) mass is 197 g/mol. The number of rotatable bonds is 2. The molecular weight excluding hydrogens is 178 g/mol. The van der Waals surface area contributed by atoms with Gasteiger partial charge in [-0.3, -0.25) is 4.79 Å². The van der Waals surface area contributed by atoms with Gasteiger partial charge >= 0.3 is 0 Å². The van der Waals surface area contributed by atoms with Crippen LogP contribution in [0.1, 0.15) is 26.2 Å². The first-order chi connectivity index (χ1) is 6.72. The Kier molecular flexibility index (Phi) is 2.77. The van der Waals surface area contributed by atoms with Crippen LogP contribution in [0.15, 0.2) is 0 Å². The molecular formula is C11H19NO2. The first-order valence-electron chi connectivity index (χ1n) is 5.62. The largest absolute Gasteiger partial charge is 0.396 e. The van der Waals surface area contributed by atoms with Crippen molar-refractivity contribution in [3.05, 3.63) is 0 Å². The number of aliphatic hydroxyl groups is 1. The molecule has 0 spiro atoms. The van der Waals surface area contributed by atoms with E-state index < -0.39 is 0 Å². The van der Waals surface area contributed by atoms with Crippen molar-refractivity contribution >= 4 is 5.91 Å². The molecule has 0 aromatic heterocycles. The molecule has 1 aliphatic carbocycles. The maximum atomic E-state index is 11.9. The van der Waals surface area contributed by atoms with Crippen molar-refractivity contribution in [3.63, 3.8) is 0 Å². The Bertz CT molecular complexity index is 223. The maximum Gasteiger partial charge on any atom is 0.225 e. The number of nitrogens with zero attached hydrogens (tertiary/aromatic N) is 1. The van der Waals surface area contributed by atoms with Gasteiger partial charge in [-0.2, -0.15) is 0 Å². The summed E-state index contributed by atoms with van der Waals surface area (Å²) in [6.07, 6.45) is 3.48. The topological polar surface area (TPSA) is 40.5 Å². The maximum absolute atomic E-state index is 11.9. The molecule has 0 bridgehead atoms. The molecule has 14 heavy (non-hydrogen) atoms. The predicted octanol–water partition coefficient (Wildman–Crippen LogP) is 0.873. The quantitative estimate of drug-likeness (QED) is 0.713. The van der Waals surface area contributed by atoms with Gasteiger partial charge in [-0.05, 0) is 18.8 Å². The van der Waals surface area contributed by atoms with E-state index in [4.69, 9.17) is 5.11 Å². The summed E-state index contributed by atoms with van der Waals surface area (Å²) in [4.78, 5) is 13.9. The Balaban J connectivity index is 1.84.